The fourth-order valence-electron chi connectivity index (χ4n) is 5.42. The predicted octanol–water partition coefficient (Wildman–Crippen LogP) is 5.38. The number of nitrogens with zero attached hydrogens (tertiary/aromatic N) is 5. The van der Waals surface area contributed by atoms with Crippen LogP contribution in [0.5, 0.6) is 0 Å². The van der Waals surface area contributed by atoms with Crippen molar-refractivity contribution in [3.63, 3.8) is 0 Å². The van der Waals surface area contributed by atoms with Crippen LogP contribution in [0, 0.1) is 5.92 Å². The van der Waals surface area contributed by atoms with Gasteiger partial charge in [0.25, 0.3) is 12.3 Å². The van der Waals surface area contributed by atoms with Crippen molar-refractivity contribution in [1.29, 1.82) is 0 Å². The van der Waals surface area contributed by atoms with Gasteiger partial charge in [0.15, 0.2) is 21.3 Å². The number of benzene rings is 1. The van der Waals surface area contributed by atoms with E-state index in [1.165, 1.54) is 22.8 Å². The number of alkyl halides is 4. The average molecular weight is 621 g/mol. The minimum atomic E-state index is -3.82. The van der Waals surface area contributed by atoms with Crippen LogP contribution in [-0.2, 0) is 32.8 Å². The summed E-state index contributed by atoms with van der Waals surface area (Å²) in [4.78, 5) is 25.3. The summed E-state index contributed by atoms with van der Waals surface area (Å²) in [7, 11) is -2.06. The number of pyridine rings is 1. The lowest BCUT2D eigenvalue weighted by Crippen LogP contribution is -2.21. The topological polar surface area (TPSA) is 121 Å². The second-order valence-electron chi connectivity index (χ2n) is 11.0. The van der Waals surface area contributed by atoms with E-state index in [0.29, 0.717) is 30.7 Å². The van der Waals surface area contributed by atoms with Gasteiger partial charge in [0, 0.05) is 38.3 Å². The van der Waals surface area contributed by atoms with Crippen molar-refractivity contribution in [2.24, 2.45) is 13.0 Å². The van der Waals surface area contributed by atoms with E-state index in [1.807, 2.05) is 0 Å². The number of rotatable bonds is 9. The number of hydrogen-bond donors (Lipinski definition) is 1. The third-order valence-corrected chi connectivity index (χ3v) is 8.84. The third-order valence-electron chi connectivity index (χ3n) is 7.70. The third kappa shape index (κ3) is 5.62. The van der Waals surface area contributed by atoms with Gasteiger partial charge in [0.1, 0.15) is 17.5 Å². The summed E-state index contributed by atoms with van der Waals surface area (Å²) in [5, 5.41) is 3.00. The molecule has 1 saturated carbocycles. The van der Waals surface area contributed by atoms with Crippen LogP contribution >= 0.6 is 0 Å². The Kier molecular flexibility index (Phi) is 7.27. The lowest BCUT2D eigenvalue weighted by atomic mass is 10.1. The molecule has 1 aliphatic heterocycles. The normalized spacial score (nSPS) is 20.1. The summed E-state index contributed by atoms with van der Waals surface area (Å²) in [5.74, 6) is -5.84. The number of halogens is 4. The van der Waals surface area contributed by atoms with Crippen molar-refractivity contribution >= 4 is 38.2 Å². The number of fused-ring (bicyclic) bond motifs is 1. The van der Waals surface area contributed by atoms with E-state index in [1.54, 1.807) is 30.2 Å². The van der Waals surface area contributed by atoms with Crippen molar-refractivity contribution in [2.75, 3.05) is 18.2 Å². The number of aromatic nitrogens is 5. The van der Waals surface area contributed by atoms with Crippen LogP contribution in [0.15, 0.2) is 41.7 Å². The summed E-state index contributed by atoms with van der Waals surface area (Å²) in [5.41, 5.74) is 1.46. The molecule has 0 amide bonds. The summed E-state index contributed by atoms with van der Waals surface area (Å²) in [6.07, 6.45) is 1.25. The fourth-order valence-corrected chi connectivity index (χ4v) is 6.28. The predicted molar refractivity (Wildman–Crippen MR) is 148 cm³/mol. The van der Waals surface area contributed by atoms with Gasteiger partial charge in [-0.3, -0.25) is 9.36 Å². The van der Waals surface area contributed by atoms with Gasteiger partial charge in [0.05, 0.1) is 46.1 Å². The molecule has 1 N–H and O–H groups in total. The molecule has 2 unspecified atom stereocenters. The van der Waals surface area contributed by atoms with Gasteiger partial charge in [-0.2, -0.15) is 0 Å². The highest BCUT2D eigenvalue weighted by molar-refractivity contribution is 7.90. The van der Waals surface area contributed by atoms with E-state index in [-0.39, 0.29) is 33.1 Å². The molecular weight excluding hydrogens is 592 g/mol. The van der Waals surface area contributed by atoms with Crippen molar-refractivity contribution in [2.45, 2.75) is 55.6 Å². The van der Waals surface area contributed by atoms with Gasteiger partial charge in [-0.25, -0.2) is 40.9 Å². The Morgan fingerprint density at radius 1 is 1.19 bits per heavy atom. The quantitative estimate of drug-likeness (QED) is 0.248. The molecular formula is C28H28F4N6O4S. The molecule has 1 aliphatic carbocycles. The highest BCUT2D eigenvalue weighted by atomic mass is 32.2. The maximum atomic E-state index is 14.3. The first-order valence-electron chi connectivity index (χ1n) is 13.6. The minimum absolute atomic E-state index is 0.00686. The Morgan fingerprint density at radius 2 is 1.95 bits per heavy atom. The van der Waals surface area contributed by atoms with Gasteiger partial charge < -0.3 is 14.6 Å². The largest absolute Gasteiger partial charge is 0.358 e. The monoisotopic (exact) mass is 620 g/mol. The van der Waals surface area contributed by atoms with E-state index in [9.17, 15) is 30.8 Å². The molecule has 3 aromatic heterocycles. The molecule has 4 aromatic rings. The smallest absolute Gasteiger partial charge is 0.295 e. The first-order valence-corrected chi connectivity index (χ1v) is 15.5. The lowest BCUT2D eigenvalue weighted by Gasteiger charge is -2.25. The van der Waals surface area contributed by atoms with E-state index < -0.39 is 58.8 Å². The van der Waals surface area contributed by atoms with Gasteiger partial charge in [-0.1, -0.05) is 6.07 Å². The molecule has 2 fully saturated rings. The van der Waals surface area contributed by atoms with Gasteiger partial charge in [0.2, 0.25) is 0 Å². The molecule has 1 aromatic carbocycles. The molecule has 10 nitrogen and oxygen atoms in total. The standard InChI is InChI=1S/C28H28F4N6O4S/c1-37-14-33-13-20(37)15-6-7-18(22(9-15)43(2,40)41)35-19-10-16(11-21(39)17-12-28(17,31)32)34-26-24(19)36-27(25(29)30)38(26)23-5-3-4-8-42-23/h6-7,9-10,13-14,17,23,25H,3-5,8,11-12H2,1-2H3,(H,34,35). The van der Waals surface area contributed by atoms with Crippen molar-refractivity contribution in [3.05, 3.63) is 48.3 Å². The molecule has 0 spiro atoms. The lowest BCUT2D eigenvalue weighted by molar-refractivity contribution is -0.121. The maximum absolute atomic E-state index is 14.3. The first kappa shape index (κ1) is 29.2. The van der Waals surface area contributed by atoms with Crippen LogP contribution in [0.2, 0.25) is 0 Å². The van der Waals surface area contributed by atoms with Crippen LogP contribution in [0.25, 0.3) is 22.4 Å². The molecule has 2 atom stereocenters. The molecule has 43 heavy (non-hydrogen) atoms. The zero-order valence-electron chi connectivity index (χ0n) is 23.2. The number of Topliss-reactive ketones (excluding diaryl/α,β-unsaturated/α-hetero) is 1. The maximum Gasteiger partial charge on any atom is 0.295 e. The number of hydrogen-bond acceptors (Lipinski definition) is 8. The number of nitrogens with one attached hydrogen (secondary N) is 1. The van der Waals surface area contributed by atoms with Crippen molar-refractivity contribution in [3.8, 4) is 11.3 Å². The second-order valence-corrected chi connectivity index (χ2v) is 12.9. The van der Waals surface area contributed by atoms with Crippen LogP contribution in [-0.4, -0.2) is 57.1 Å². The Morgan fingerprint density at radius 3 is 2.56 bits per heavy atom. The average Bonchev–Trinajstić information content (AvgIpc) is 3.23. The Bertz CT molecular complexity index is 1830. The Labute approximate surface area is 244 Å². The van der Waals surface area contributed by atoms with E-state index in [0.717, 1.165) is 12.7 Å². The van der Waals surface area contributed by atoms with Crippen LogP contribution in [0.3, 0.4) is 0 Å². The van der Waals surface area contributed by atoms with Crippen LogP contribution in [0.1, 0.15) is 49.9 Å². The first-order chi connectivity index (χ1) is 20.3. The molecule has 15 heteroatoms. The fraction of sp³-hybridized carbons (Fsp3) is 0.429. The number of anilines is 2. The molecule has 0 radical (unpaired) electrons. The number of carbonyl (C=O) groups is 1. The number of imidazole rings is 2. The highest BCUT2D eigenvalue weighted by Crippen LogP contribution is 2.49. The molecule has 2 aliphatic rings. The Hall–Kier alpha value is -3.85. The van der Waals surface area contributed by atoms with E-state index in [2.05, 4.69) is 20.3 Å². The Balaban J connectivity index is 1.49. The van der Waals surface area contributed by atoms with Gasteiger partial charge in [-0.15, -0.1) is 0 Å². The number of sulfone groups is 1. The van der Waals surface area contributed by atoms with Crippen LogP contribution < -0.4 is 5.32 Å². The molecule has 228 valence electrons. The zero-order valence-corrected chi connectivity index (χ0v) is 24.0. The molecule has 6 rings (SSSR count). The summed E-state index contributed by atoms with van der Waals surface area (Å²) >= 11 is 0. The van der Waals surface area contributed by atoms with Crippen molar-refractivity contribution in [1.82, 2.24) is 24.1 Å². The minimum Gasteiger partial charge on any atom is -0.358 e. The van der Waals surface area contributed by atoms with Crippen LogP contribution in [0.4, 0.5) is 28.9 Å². The molecule has 1 saturated heterocycles. The summed E-state index contributed by atoms with van der Waals surface area (Å²) < 4.78 is 90.4. The summed E-state index contributed by atoms with van der Waals surface area (Å²) in [6.45, 7) is 0.341. The highest BCUT2D eigenvalue weighted by Gasteiger charge is 2.60. The van der Waals surface area contributed by atoms with Crippen molar-refractivity contribution < 1.29 is 35.5 Å². The molecule has 4 heterocycles. The van der Waals surface area contributed by atoms with E-state index >= 15 is 0 Å². The number of aryl methyl sites for hydroxylation is 1. The SMILES string of the molecule is Cn1cncc1-c1ccc(Nc2cc(CC(=O)C3CC3(F)F)nc3c2nc(C(F)F)n3C2CCCCO2)c(S(C)(=O)=O)c1. The zero-order chi connectivity index (χ0) is 30.7. The number of carbonyl (C=O) groups excluding carboxylic acids is 1. The number of ether oxygens (including phenoxy) is 1. The molecule has 0 bridgehead atoms. The van der Waals surface area contributed by atoms with Gasteiger partial charge in [-0.05, 0) is 37.5 Å². The van der Waals surface area contributed by atoms with Gasteiger partial charge >= 0.3 is 0 Å². The van der Waals surface area contributed by atoms with E-state index in [4.69, 9.17) is 4.74 Å². The second kappa shape index (κ2) is 10.7. The number of ketones is 1. The summed E-state index contributed by atoms with van der Waals surface area (Å²) in [6, 6.07) is 6.02.